The Bertz CT molecular complexity index is 908. The third-order valence-electron chi connectivity index (χ3n) is 4.35. The van der Waals surface area contributed by atoms with Gasteiger partial charge in [0.05, 0.1) is 9.82 Å². The number of piperazine rings is 1. The minimum atomic E-state index is -3.74. The first kappa shape index (κ1) is 18.3. The monoisotopic (exact) mass is 376 g/mol. The van der Waals surface area contributed by atoms with Gasteiger partial charge in [-0.2, -0.15) is 4.31 Å². The molecule has 1 heterocycles. The van der Waals surface area contributed by atoms with Crippen LogP contribution < -0.4 is 5.73 Å². The number of nitrogens with two attached hydrogens (primary N) is 1. The van der Waals surface area contributed by atoms with E-state index < -0.39 is 14.9 Å². The zero-order chi connectivity index (χ0) is 18.7. The highest BCUT2D eigenvalue weighted by Gasteiger charge is 2.29. The first-order valence-electron chi connectivity index (χ1n) is 8.17. The molecule has 0 aliphatic carbocycles. The summed E-state index contributed by atoms with van der Waals surface area (Å²) < 4.78 is 26.9. The molecule has 0 aromatic heterocycles. The molecule has 1 aliphatic heterocycles. The molecule has 2 aromatic rings. The number of non-ortho nitro benzene ring substituents is 1. The third kappa shape index (κ3) is 4.01. The molecule has 1 aliphatic rings. The topological polar surface area (TPSA) is 110 Å². The maximum atomic E-state index is 12.7. The van der Waals surface area contributed by atoms with Gasteiger partial charge in [0.1, 0.15) is 0 Å². The highest BCUT2D eigenvalue weighted by Crippen LogP contribution is 2.22. The lowest BCUT2D eigenvalue weighted by atomic mass is 10.2. The van der Waals surface area contributed by atoms with Crippen LogP contribution in [0.2, 0.25) is 0 Å². The standard InChI is InChI=1S/C17H20N4O4S/c18-15-4-1-3-14(11-15)13-19-7-9-20(10-8-19)26(24,25)17-6-2-5-16(12-17)21(22)23/h1-6,11-12H,7-10,13,18H2. The van der Waals surface area contributed by atoms with Crippen LogP contribution in [0.4, 0.5) is 11.4 Å². The quantitative estimate of drug-likeness (QED) is 0.483. The molecular weight excluding hydrogens is 356 g/mol. The molecule has 2 aromatic carbocycles. The van der Waals surface area contributed by atoms with Gasteiger partial charge in [0.15, 0.2) is 0 Å². The molecule has 8 nitrogen and oxygen atoms in total. The molecule has 138 valence electrons. The third-order valence-corrected chi connectivity index (χ3v) is 6.25. The maximum absolute atomic E-state index is 12.7. The summed E-state index contributed by atoms with van der Waals surface area (Å²) in [6, 6.07) is 12.8. The molecule has 2 N–H and O–H groups in total. The van der Waals surface area contributed by atoms with Crippen LogP contribution in [0.25, 0.3) is 0 Å². The van der Waals surface area contributed by atoms with E-state index in [1.807, 2.05) is 24.3 Å². The summed E-state index contributed by atoms with van der Waals surface area (Å²) in [5.41, 5.74) is 7.34. The second-order valence-corrected chi connectivity index (χ2v) is 8.12. The van der Waals surface area contributed by atoms with Crippen LogP contribution in [0, 0.1) is 10.1 Å². The minimum Gasteiger partial charge on any atom is -0.399 e. The predicted octanol–water partition coefficient (Wildman–Crippen LogP) is 1.68. The average molecular weight is 376 g/mol. The van der Waals surface area contributed by atoms with Gasteiger partial charge in [-0.25, -0.2) is 8.42 Å². The number of nitro benzene ring substituents is 1. The predicted molar refractivity (Wildman–Crippen MR) is 98.0 cm³/mol. The molecule has 9 heteroatoms. The van der Waals surface area contributed by atoms with Crippen molar-refractivity contribution in [3.8, 4) is 0 Å². The van der Waals surface area contributed by atoms with Crippen LogP contribution in [0.5, 0.6) is 0 Å². The van der Waals surface area contributed by atoms with Crippen LogP contribution in [-0.4, -0.2) is 48.7 Å². The van der Waals surface area contributed by atoms with Crippen molar-refractivity contribution in [1.29, 1.82) is 0 Å². The van der Waals surface area contributed by atoms with E-state index in [1.165, 1.54) is 22.5 Å². The lowest BCUT2D eigenvalue weighted by molar-refractivity contribution is -0.385. The van der Waals surface area contributed by atoms with E-state index in [0.29, 0.717) is 38.4 Å². The van der Waals surface area contributed by atoms with Gasteiger partial charge in [0, 0.05) is 50.5 Å². The van der Waals surface area contributed by atoms with Crippen LogP contribution >= 0.6 is 0 Å². The van der Waals surface area contributed by atoms with Crippen molar-refractivity contribution < 1.29 is 13.3 Å². The lowest BCUT2D eigenvalue weighted by Crippen LogP contribution is -2.48. The van der Waals surface area contributed by atoms with Gasteiger partial charge in [-0.15, -0.1) is 0 Å². The van der Waals surface area contributed by atoms with Crippen molar-refractivity contribution >= 4 is 21.4 Å². The number of nitrogen functional groups attached to an aromatic ring is 1. The molecule has 26 heavy (non-hydrogen) atoms. The van der Waals surface area contributed by atoms with E-state index in [4.69, 9.17) is 5.73 Å². The van der Waals surface area contributed by atoms with Gasteiger partial charge < -0.3 is 5.73 Å². The number of nitrogens with zero attached hydrogens (tertiary/aromatic N) is 3. The molecule has 1 fully saturated rings. The zero-order valence-electron chi connectivity index (χ0n) is 14.1. The second kappa shape index (κ2) is 7.40. The van der Waals surface area contributed by atoms with Crippen molar-refractivity contribution in [2.45, 2.75) is 11.4 Å². The first-order valence-corrected chi connectivity index (χ1v) is 9.61. The number of nitro groups is 1. The van der Waals surface area contributed by atoms with Crippen molar-refractivity contribution in [3.05, 3.63) is 64.2 Å². The van der Waals surface area contributed by atoms with Gasteiger partial charge in [0.25, 0.3) is 5.69 Å². The van der Waals surface area contributed by atoms with Crippen molar-refractivity contribution in [2.75, 3.05) is 31.9 Å². The normalized spacial score (nSPS) is 16.5. The Morgan fingerprint density at radius 1 is 1.04 bits per heavy atom. The first-order chi connectivity index (χ1) is 12.4. The number of hydrogen-bond acceptors (Lipinski definition) is 6. The molecule has 1 saturated heterocycles. The van der Waals surface area contributed by atoms with Gasteiger partial charge in [-0.3, -0.25) is 15.0 Å². The van der Waals surface area contributed by atoms with Crippen molar-refractivity contribution in [3.63, 3.8) is 0 Å². The Kier molecular flexibility index (Phi) is 5.21. The summed E-state index contributed by atoms with van der Waals surface area (Å²) in [6.45, 7) is 2.56. The highest BCUT2D eigenvalue weighted by atomic mass is 32.2. The maximum Gasteiger partial charge on any atom is 0.270 e. The Balaban J connectivity index is 1.67. The smallest absolute Gasteiger partial charge is 0.270 e. The van der Waals surface area contributed by atoms with Crippen LogP contribution in [0.15, 0.2) is 53.4 Å². The lowest BCUT2D eigenvalue weighted by Gasteiger charge is -2.34. The zero-order valence-corrected chi connectivity index (χ0v) is 14.9. The summed E-state index contributed by atoms with van der Waals surface area (Å²) >= 11 is 0. The van der Waals surface area contributed by atoms with Crippen LogP contribution in [-0.2, 0) is 16.6 Å². The van der Waals surface area contributed by atoms with Crippen LogP contribution in [0.3, 0.4) is 0 Å². The molecule has 0 radical (unpaired) electrons. The Labute approximate surface area is 152 Å². The molecule has 0 unspecified atom stereocenters. The van der Waals surface area contributed by atoms with Gasteiger partial charge in [0.2, 0.25) is 10.0 Å². The van der Waals surface area contributed by atoms with E-state index in [1.54, 1.807) is 0 Å². The molecule has 3 rings (SSSR count). The highest BCUT2D eigenvalue weighted by molar-refractivity contribution is 7.89. The fraction of sp³-hybridized carbons (Fsp3) is 0.294. The summed E-state index contributed by atoms with van der Waals surface area (Å²) in [5.74, 6) is 0. The summed E-state index contributed by atoms with van der Waals surface area (Å²) in [6.07, 6.45) is 0. The fourth-order valence-corrected chi connectivity index (χ4v) is 4.45. The SMILES string of the molecule is Nc1cccc(CN2CCN(S(=O)(=O)c3cccc([N+](=O)[O-])c3)CC2)c1. The van der Waals surface area contributed by atoms with Crippen molar-refractivity contribution in [1.82, 2.24) is 9.21 Å². The van der Waals surface area contributed by atoms with E-state index in [0.717, 1.165) is 11.6 Å². The van der Waals surface area contributed by atoms with Crippen LogP contribution in [0.1, 0.15) is 5.56 Å². The summed E-state index contributed by atoms with van der Waals surface area (Å²) in [4.78, 5) is 12.4. The van der Waals surface area contributed by atoms with E-state index >= 15 is 0 Å². The van der Waals surface area contributed by atoms with E-state index in [2.05, 4.69) is 4.90 Å². The number of hydrogen-bond donors (Lipinski definition) is 1. The van der Waals surface area contributed by atoms with Gasteiger partial charge in [-0.1, -0.05) is 18.2 Å². The molecule has 0 bridgehead atoms. The Morgan fingerprint density at radius 3 is 2.38 bits per heavy atom. The molecular formula is C17H20N4O4S. The number of benzene rings is 2. The number of rotatable bonds is 5. The average Bonchev–Trinajstić information content (AvgIpc) is 2.62. The van der Waals surface area contributed by atoms with Crippen molar-refractivity contribution in [2.24, 2.45) is 0 Å². The summed E-state index contributed by atoms with van der Waals surface area (Å²) in [7, 11) is -3.74. The number of sulfonamides is 1. The molecule has 0 amide bonds. The summed E-state index contributed by atoms with van der Waals surface area (Å²) in [5, 5.41) is 10.9. The molecule has 0 atom stereocenters. The largest absolute Gasteiger partial charge is 0.399 e. The minimum absolute atomic E-state index is 0.0454. The Morgan fingerprint density at radius 2 is 1.73 bits per heavy atom. The number of anilines is 1. The fourth-order valence-electron chi connectivity index (χ4n) is 2.98. The second-order valence-electron chi connectivity index (χ2n) is 6.18. The van der Waals surface area contributed by atoms with Gasteiger partial charge >= 0.3 is 0 Å². The Hall–Kier alpha value is -2.49. The van der Waals surface area contributed by atoms with E-state index in [9.17, 15) is 18.5 Å². The van der Waals surface area contributed by atoms with E-state index in [-0.39, 0.29) is 10.6 Å². The van der Waals surface area contributed by atoms with Gasteiger partial charge in [-0.05, 0) is 23.8 Å². The molecule has 0 saturated carbocycles. The molecule has 0 spiro atoms.